The smallest absolute Gasteiger partial charge is 0.305 e. The highest BCUT2D eigenvalue weighted by atomic mass is 16.5. The number of nitrogens with zero attached hydrogens (tertiary/aromatic N) is 3. The maximum atomic E-state index is 11.6. The van der Waals surface area contributed by atoms with Gasteiger partial charge in [0.1, 0.15) is 5.52 Å². The normalized spacial score (nSPS) is 13.6. The molecule has 0 atom stereocenters. The maximum absolute atomic E-state index is 11.6. The Bertz CT molecular complexity index is 1330. The van der Waals surface area contributed by atoms with E-state index < -0.39 is 0 Å². The van der Waals surface area contributed by atoms with Crippen molar-refractivity contribution in [2.75, 3.05) is 6.61 Å². The standard InChI is InChI=1S/C33H44N4O2/c1-6-39-29(38)11-9-7-8-10-20-37-22-28(21-34-23(2)3)32-33(37)36-31(27-18-14-25(5)15-19-27)30(35-32)26-16-12-24(4)13-17-26/h12-14,16-18,22-23,34H,6-11,15,19-21H2,1-5H3. The van der Waals surface area contributed by atoms with Gasteiger partial charge in [-0.25, -0.2) is 9.97 Å². The lowest BCUT2D eigenvalue weighted by atomic mass is 9.94. The van der Waals surface area contributed by atoms with Crippen LogP contribution in [0.2, 0.25) is 0 Å². The van der Waals surface area contributed by atoms with Gasteiger partial charge in [0.15, 0.2) is 5.65 Å². The van der Waals surface area contributed by atoms with Crippen LogP contribution < -0.4 is 5.32 Å². The lowest BCUT2D eigenvalue weighted by Gasteiger charge is -2.16. The second kappa shape index (κ2) is 13.7. The Morgan fingerprint density at radius 3 is 2.46 bits per heavy atom. The Labute approximate surface area is 233 Å². The van der Waals surface area contributed by atoms with E-state index in [1.165, 1.54) is 22.3 Å². The van der Waals surface area contributed by atoms with Crippen LogP contribution in [0.1, 0.15) is 89.5 Å². The van der Waals surface area contributed by atoms with E-state index in [-0.39, 0.29) is 5.97 Å². The molecule has 1 aliphatic carbocycles. The molecule has 1 N–H and O–H groups in total. The number of aromatic nitrogens is 3. The van der Waals surface area contributed by atoms with E-state index in [9.17, 15) is 4.79 Å². The summed E-state index contributed by atoms with van der Waals surface area (Å²) in [7, 11) is 0. The number of allylic oxidation sites excluding steroid dienone is 4. The molecule has 208 valence electrons. The number of nitrogens with one attached hydrogen (secondary N) is 1. The predicted octanol–water partition coefficient (Wildman–Crippen LogP) is 7.54. The third-order valence-electron chi connectivity index (χ3n) is 7.29. The molecular formula is C33H44N4O2. The Kier molecular flexibility index (Phi) is 10.1. The molecule has 1 aromatic carbocycles. The van der Waals surface area contributed by atoms with E-state index in [1.807, 2.05) is 6.92 Å². The topological polar surface area (TPSA) is 69.0 Å². The van der Waals surface area contributed by atoms with Crippen LogP contribution in [0.5, 0.6) is 0 Å². The van der Waals surface area contributed by atoms with Crippen LogP contribution in [0.25, 0.3) is 28.0 Å². The van der Waals surface area contributed by atoms with Crippen molar-refractivity contribution in [3.63, 3.8) is 0 Å². The lowest BCUT2D eigenvalue weighted by Crippen LogP contribution is -2.21. The van der Waals surface area contributed by atoms with E-state index in [2.05, 4.69) is 80.2 Å². The van der Waals surface area contributed by atoms with Gasteiger partial charge in [0.25, 0.3) is 0 Å². The van der Waals surface area contributed by atoms with Gasteiger partial charge in [-0.1, -0.05) is 74.2 Å². The summed E-state index contributed by atoms with van der Waals surface area (Å²) in [5.74, 6) is -0.0922. The van der Waals surface area contributed by atoms with E-state index in [4.69, 9.17) is 14.7 Å². The molecule has 4 rings (SSSR count). The molecule has 0 amide bonds. The molecule has 3 aromatic rings. The Hall–Kier alpha value is -3.25. The highest BCUT2D eigenvalue weighted by Gasteiger charge is 2.20. The van der Waals surface area contributed by atoms with Crippen molar-refractivity contribution >= 4 is 22.7 Å². The zero-order valence-corrected chi connectivity index (χ0v) is 24.3. The number of hydrogen-bond donors (Lipinski definition) is 1. The third-order valence-corrected chi connectivity index (χ3v) is 7.29. The third kappa shape index (κ3) is 7.66. The first-order valence-corrected chi connectivity index (χ1v) is 14.6. The molecule has 1 aliphatic rings. The van der Waals surface area contributed by atoms with E-state index in [0.717, 1.165) is 79.7 Å². The summed E-state index contributed by atoms with van der Waals surface area (Å²) in [6.45, 7) is 12.6. The van der Waals surface area contributed by atoms with E-state index in [0.29, 0.717) is 19.1 Å². The maximum Gasteiger partial charge on any atom is 0.305 e. The first-order chi connectivity index (χ1) is 18.9. The van der Waals surface area contributed by atoms with Crippen molar-refractivity contribution < 1.29 is 9.53 Å². The number of fused-ring (bicyclic) bond motifs is 1. The average Bonchev–Trinajstić information content (AvgIpc) is 3.26. The first kappa shape index (κ1) is 28.8. The number of esters is 1. The fraction of sp³-hybridized carbons (Fsp3) is 0.485. The molecule has 6 nitrogen and oxygen atoms in total. The van der Waals surface area contributed by atoms with Gasteiger partial charge in [-0.05, 0) is 52.0 Å². The van der Waals surface area contributed by atoms with Crippen LogP contribution in [0.3, 0.4) is 0 Å². The van der Waals surface area contributed by atoms with Crippen molar-refractivity contribution in [2.24, 2.45) is 0 Å². The van der Waals surface area contributed by atoms with E-state index in [1.54, 1.807) is 0 Å². The highest BCUT2D eigenvalue weighted by Crippen LogP contribution is 2.34. The molecule has 0 aliphatic heterocycles. The molecule has 0 fully saturated rings. The first-order valence-electron chi connectivity index (χ1n) is 14.6. The van der Waals surface area contributed by atoms with Crippen molar-refractivity contribution in [1.82, 2.24) is 19.9 Å². The Morgan fingerprint density at radius 1 is 1.00 bits per heavy atom. The minimum atomic E-state index is -0.0922. The number of ether oxygens (including phenoxy) is 1. The second-order valence-electron chi connectivity index (χ2n) is 11.0. The van der Waals surface area contributed by atoms with Crippen LogP contribution >= 0.6 is 0 Å². The zero-order valence-electron chi connectivity index (χ0n) is 24.3. The summed E-state index contributed by atoms with van der Waals surface area (Å²) >= 11 is 0. The summed E-state index contributed by atoms with van der Waals surface area (Å²) in [5.41, 5.74) is 10.1. The summed E-state index contributed by atoms with van der Waals surface area (Å²) in [5, 5.41) is 3.58. The Morgan fingerprint density at radius 2 is 1.77 bits per heavy atom. The number of rotatable bonds is 13. The molecular weight excluding hydrogens is 484 g/mol. The number of carbonyl (C=O) groups is 1. The molecule has 0 saturated carbocycles. The number of aryl methyl sites for hydroxylation is 2. The summed E-state index contributed by atoms with van der Waals surface area (Å²) < 4.78 is 7.34. The number of carbonyl (C=O) groups excluding carboxylic acids is 1. The monoisotopic (exact) mass is 528 g/mol. The highest BCUT2D eigenvalue weighted by molar-refractivity contribution is 5.86. The molecule has 0 bridgehead atoms. The largest absolute Gasteiger partial charge is 0.466 e. The predicted molar refractivity (Wildman–Crippen MR) is 160 cm³/mol. The second-order valence-corrected chi connectivity index (χ2v) is 11.0. The van der Waals surface area contributed by atoms with Crippen LogP contribution in [0.15, 0.2) is 48.2 Å². The summed E-state index contributed by atoms with van der Waals surface area (Å²) in [6, 6.07) is 9.02. The van der Waals surface area contributed by atoms with Crippen LogP contribution in [0.4, 0.5) is 0 Å². The Balaban J connectivity index is 1.66. The van der Waals surface area contributed by atoms with Crippen molar-refractivity contribution in [2.45, 2.75) is 98.7 Å². The minimum absolute atomic E-state index is 0.0922. The van der Waals surface area contributed by atoms with Gasteiger partial charge in [-0.2, -0.15) is 0 Å². The molecule has 0 unspecified atom stereocenters. The molecule has 0 spiro atoms. The fourth-order valence-corrected chi connectivity index (χ4v) is 4.98. The van der Waals surface area contributed by atoms with Gasteiger partial charge in [0.05, 0.1) is 18.0 Å². The molecule has 0 saturated heterocycles. The van der Waals surface area contributed by atoms with Gasteiger partial charge in [0, 0.05) is 42.9 Å². The van der Waals surface area contributed by atoms with Gasteiger partial charge in [-0.3, -0.25) is 4.79 Å². The van der Waals surface area contributed by atoms with Crippen LogP contribution in [-0.4, -0.2) is 33.2 Å². The van der Waals surface area contributed by atoms with Crippen LogP contribution in [0, 0.1) is 6.92 Å². The van der Waals surface area contributed by atoms with Crippen LogP contribution in [-0.2, 0) is 22.6 Å². The molecule has 6 heteroatoms. The summed E-state index contributed by atoms with van der Waals surface area (Å²) in [6.07, 6.45) is 13.2. The molecule has 2 heterocycles. The molecule has 2 aromatic heterocycles. The SMILES string of the molecule is CCOC(=O)CCCCCCn1cc(CNC(C)C)c2nc(-c3ccc(C)cc3)c(C3=CC=C(C)CC3)nc21. The fourth-order valence-electron chi connectivity index (χ4n) is 4.98. The van der Waals surface area contributed by atoms with Crippen molar-refractivity contribution in [1.29, 1.82) is 0 Å². The van der Waals surface area contributed by atoms with Gasteiger partial charge in [0.2, 0.25) is 0 Å². The molecule has 0 radical (unpaired) electrons. The lowest BCUT2D eigenvalue weighted by molar-refractivity contribution is -0.143. The van der Waals surface area contributed by atoms with Crippen molar-refractivity contribution in [3.05, 3.63) is 65.0 Å². The number of hydrogen-bond acceptors (Lipinski definition) is 5. The van der Waals surface area contributed by atoms with Gasteiger partial charge < -0.3 is 14.6 Å². The quantitative estimate of drug-likeness (QED) is 0.183. The van der Waals surface area contributed by atoms with E-state index >= 15 is 0 Å². The minimum Gasteiger partial charge on any atom is -0.466 e. The molecule has 39 heavy (non-hydrogen) atoms. The number of benzene rings is 1. The average molecular weight is 529 g/mol. The number of unbranched alkanes of at least 4 members (excludes halogenated alkanes) is 3. The van der Waals surface area contributed by atoms with Gasteiger partial charge >= 0.3 is 5.97 Å². The summed E-state index contributed by atoms with van der Waals surface area (Å²) in [4.78, 5) is 22.3. The van der Waals surface area contributed by atoms with Crippen molar-refractivity contribution in [3.8, 4) is 11.3 Å². The zero-order chi connectivity index (χ0) is 27.8. The van der Waals surface area contributed by atoms with Gasteiger partial charge in [-0.15, -0.1) is 0 Å².